The van der Waals surface area contributed by atoms with Crippen molar-refractivity contribution >= 4 is 47.2 Å². The SMILES string of the molecule is Cc1cc(NC(=O)c2snnc2C)n(C2=NC(=O)C3C=NN(C)C3=N2)n1. The Hall–Kier alpha value is -3.28. The number of carbonyl (C=O) groups is 2. The van der Waals surface area contributed by atoms with E-state index in [1.807, 2.05) is 0 Å². The van der Waals surface area contributed by atoms with Crippen LogP contribution in [0.15, 0.2) is 21.2 Å². The molecule has 2 aliphatic heterocycles. The van der Waals surface area contributed by atoms with Crippen LogP contribution < -0.4 is 5.32 Å². The van der Waals surface area contributed by atoms with E-state index in [2.05, 4.69) is 35.1 Å². The number of hydrogen-bond donors (Lipinski definition) is 1. The summed E-state index contributed by atoms with van der Waals surface area (Å²) in [6.45, 7) is 3.46. The number of carbonyl (C=O) groups excluding carboxylic acids is 2. The van der Waals surface area contributed by atoms with Gasteiger partial charge >= 0.3 is 0 Å². The number of fused-ring (bicyclic) bond motifs is 1. The number of amidine groups is 1. The molecule has 0 spiro atoms. The lowest BCUT2D eigenvalue weighted by atomic mass is 10.1. The molecule has 0 bridgehead atoms. The van der Waals surface area contributed by atoms with Crippen molar-refractivity contribution in [1.29, 1.82) is 0 Å². The first kappa shape index (κ1) is 16.2. The molecule has 0 fully saturated rings. The Morgan fingerprint density at radius 1 is 1.31 bits per heavy atom. The van der Waals surface area contributed by atoms with Crippen LogP contribution in [0.25, 0.3) is 0 Å². The number of aromatic nitrogens is 4. The van der Waals surface area contributed by atoms with Crippen LogP contribution in [-0.4, -0.2) is 61.2 Å². The van der Waals surface area contributed by atoms with E-state index in [0.717, 1.165) is 11.5 Å². The third-order valence-electron chi connectivity index (χ3n) is 3.81. The molecule has 1 atom stereocenters. The molecule has 12 heteroatoms. The fourth-order valence-electron chi connectivity index (χ4n) is 2.55. The summed E-state index contributed by atoms with van der Waals surface area (Å²) in [5.74, 6) is -0.450. The van der Waals surface area contributed by atoms with Gasteiger partial charge in [-0.2, -0.15) is 24.9 Å². The van der Waals surface area contributed by atoms with Crippen LogP contribution in [0.3, 0.4) is 0 Å². The number of aryl methyl sites for hydroxylation is 2. The molecule has 2 aromatic rings. The van der Waals surface area contributed by atoms with E-state index in [1.54, 1.807) is 27.0 Å². The van der Waals surface area contributed by atoms with Gasteiger partial charge < -0.3 is 5.32 Å². The van der Waals surface area contributed by atoms with Gasteiger partial charge in [-0.1, -0.05) is 4.49 Å². The summed E-state index contributed by atoms with van der Waals surface area (Å²) >= 11 is 1.00. The summed E-state index contributed by atoms with van der Waals surface area (Å²) in [4.78, 5) is 33.5. The van der Waals surface area contributed by atoms with Crippen LogP contribution in [0.1, 0.15) is 21.1 Å². The first-order valence-electron chi connectivity index (χ1n) is 7.60. The lowest BCUT2D eigenvalue weighted by Crippen LogP contribution is -2.35. The molecule has 0 saturated heterocycles. The first-order valence-corrected chi connectivity index (χ1v) is 8.37. The molecule has 2 aromatic heterocycles. The number of nitrogens with zero attached hydrogens (tertiary/aromatic N) is 8. The van der Waals surface area contributed by atoms with Gasteiger partial charge in [0.1, 0.15) is 22.4 Å². The van der Waals surface area contributed by atoms with E-state index in [-0.39, 0.29) is 17.8 Å². The predicted molar refractivity (Wildman–Crippen MR) is 94.6 cm³/mol. The topological polar surface area (TPSA) is 130 Å². The maximum Gasteiger partial charge on any atom is 0.270 e. The van der Waals surface area contributed by atoms with Crippen molar-refractivity contribution in [2.45, 2.75) is 13.8 Å². The Kier molecular flexibility index (Phi) is 3.68. The highest BCUT2D eigenvalue weighted by molar-refractivity contribution is 7.08. The fourth-order valence-corrected chi connectivity index (χ4v) is 3.11. The summed E-state index contributed by atoms with van der Waals surface area (Å²) in [6, 6.07) is 1.66. The fraction of sp³-hybridized carbons (Fsp3) is 0.286. The average Bonchev–Trinajstić information content (AvgIpc) is 3.27. The van der Waals surface area contributed by atoms with Crippen molar-refractivity contribution in [3.63, 3.8) is 0 Å². The summed E-state index contributed by atoms with van der Waals surface area (Å²) < 4.78 is 5.08. The second kappa shape index (κ2) is 5.91. The highest BCUT2D eigenvalue weighted by Crippen LogP contribution is 2.20. The summed E-state index contributed by atoms with van der Waals surface area (Å²) in [6.07, 6.45) is 1.50. The standard InChI is InChI=1S/C14H13N9O2S/c1-6-4-9(16-13(25)10-7(2)19-21-26-10)23(20-6)14-17-11-8(12(24)18-14)5-15-22(11)3/h4-5,8H,1-3H3,(H,16,25). The maximum atomic E-state index is 12.4. The van der Waals surface area contributed by atoms with Crippen molar-refractivity contribution in [2.75, 3.05) is 12.4 Å². The van der Waals surface area contributed by atoms with Crippen molar-refractivity contribution in [3.05, 3.63) is 22.3 Å². The molecule has 2 amide bonds. The largest absolute Gasteiger partial charge is 0.306 e. The third kappa shape index (κ3) is 2.60. The minimum absolute atomic E-state index is 0.0705. The predicted octanol–water partition coefficient (Wildman–Crippen LogP) is 0.294. The van der Waals surface area contributed by atoms with Crippen molar-refractivity contribution in [3.8, 4) is 0 Å². The third-order valence-corrected chi connectivity index (χ3v) is 4.64. The molecular formula is C14H13N9O2S. The number of nitrogens with one attached hydrogen (secondary N) is 1. The van der Waals surface area contributed by atoms with Crippen molar-refractivity contribution in [1.82, 2.24) is 24.4 Å². The lowest BCUT2D eigenvalue weighted by Gasteiger charge is -2.17. The van der Waals surface area contributed by atoms with Crippen LogP contribution in [0, 0.1) is 19.8 Å². The van der Waals surface area contributed by atoms with Gasteiger partial charge in [0.15, 0.2) is 0 Å². The molecular weight excluding hydrogens is 358 g/mol. The van der Waals surface area contributed by atoms with E-state index in [0.29, 0.717) is 27.9 Å². The molecule has 0 aliphatic carbocycles. The van der Waals surface area contributed by atoms with E-state index < -0.39 is 5.92 Å². The van der Waals surface area contributed by atoms with E-state index in [9.17, 15) is 9.59 Å². The normalized spacial score (nSPS) is 18.7. The Bertz CT molecular complexity index is 1020. The summed E-state index contributed by atoms with van der Waals surface area (Å²) in [5.41, 5.74) is 1.17. The molecule has 0 aromatic carbocycles. The van der Waals surface area contributed by atoms with Crippen LogP contribution in [0.2, 0.25) is 0 Å². The first-order chi connectivity index (χ1) is 12.4. The molecule has 26 heavy (non-hydrogen) atoms. The lowest BCUT2D eigenvalue weighted by molar-refractivity contribution is -0.118. The molecule has 1 N–H and O–H groups in total. The van der Waals surface area contributed by atoms with Crippen LogP contribution in [-0.2, 0) is 4.79 Å². The molecule has 0 saturated carbocycles. The van der Waals surface area contributed by atoms with Crippen molar-refractivity contribution < 1.29 is 9.59 Å². The van der Waals surface area contributed by atoms with Crippen LogP contribution >= 0.6 is 11.5 Å². The van der Waals surface area contributed by atoms with Gasteiger partial charge in [0.2, 0.25) is 0 Å². The number of anilines is 1. The highest BCUT2D eigenvalue weighted by atomic mass is 32.1. The molecule has 4 heterocycles. The second-order valence-corrected chi connectivity index (χ2v) is 6.46. The highest BCUT2D eigenvalue weighted by Gasteiger charge is 2.35. The van der Waals surface area contributed by atoms with Crippen LogP contribution in [0.5, 0.6) is 0 Å². The Labute approximate surface area is 151 Å². The number of amides is 2. The monoisotopic (exact) mass is 371 g/mol. The molecule has 4 rings (SSSR count). The van der Waals surface area contributed by atoms with Gasteiger partial charge in [-0.15, -0.1) is 5.10 Å². The number of rotatable bonds is 2. The second-order valence-electron chi connectivity index (χ2n) is 5.71. The van der Waals surface area contributed by atoms with Gasteiger partial charge in [0.05, 0.1) is 11.4 Å². The zero-order valence-electron chi connectivity index (χ0n) is 14.0. The average molecular weight is 371 g/mol. The smallest absolute Gasteiger partial charge is 0.270 e. The Morgan fingerprint density at radius 3 is 2.85 bits per heavy atom. The zero-order chi connectivity index (χ0) is 18.4. The zero-order valence-corrected chi connectivity index (χ0v) is 14.9. The van der Waals surface area contributed by atoms with E-state index in [1.165, 1.54) is 15.9 Å². The molecule has 11 nitrogen and oxygen atoms in total. The quantitative estimate of drug-likeness (QED) is 0.808. The number of aliphatic imine (C=N–C) groups is 2. The van der Waals surface area contributed by atoms with Gasteiger partial charge in [-0.05, 0) is 25.4 Å². The van der Waals surface area contributed by atoms with E-state index >= 15 is 0 Å². The van der Waals surface area contributed by atoms with Gasteiger partial charge in [0, 0.05) is 19.3 Å². The molecule has 1 unspecified atom stereocenters. The summed E-state index contributed by atoms with van der Waals surface area (Å²) in [7, 11) is 1.70. The summed E-state index contributed by atoms with van der Waals surface area (Å²) in [5, 5.41) is 16.4. The molecule has 2 aliphatic rings. The van der Waals surface area contributed by atoms with Crippen molar-refractivity contribution in [2.24, 2.45) is 21.0 Å². The molecule has 132 valence electrons. The minimum atomic E-state index is -0.579. The Morgan fingerprint density at radius 2 is 2.12 bits per heavy atom. The molecule has 0 radical (unpaired) electrons. The van der Waals surface area contributed by atoms with Gasteiger partial charge in [-0.3, -0.25) is 14.6 Å². The Balaban J connectivity index is 1.69. The van der Waals surface area contributed by atoms with Crippen LogP contribution in [0.4, 0.5) is 5.82 Å². The van der Waals surface area contributed by atoms with E-state index in [4.69, 9.17) is 0 Å². The number of hydrazone groups is 1. The minimum Gasteiger partial charge on any atom is -0.306 e. The number of hydrogen-bond acceptors (Lipinski definition) is 9. The van der Waals surface area contributed by atoms with Gasteiger partial charge in [-0.25, -0.2) is 0 Å². The van der Waals surface area contributed by atoms with Gasteiger partial charge in [0.25, 0.3) is 17.8 Å². The maximum absolute atomic E-state index is 12.4.